The zero-order valence-electron chi connectivity index (χ0n) is 17.0. The molecule has 2 aromatic heterocycles. The van der Waals surface area contributed by atoms with Crippen molar-refractivity contribution >= 4 is 45.4 Å². The lowest BCUT2D eigenvalue weighted by Crippen LogP contribution is -2.36. The van der Waals surface area contributed by atoms with Crippen molar-refractivity contribution in [1.82, 2.24) is 19.5 Å². The highest BCUT2D eigenvalue weighted by atomic mass is 35.5. The van der Waals surface area contributed by atoms with Gasteiger partial charge in [0, 0.05) is 36.6 Å². The number of Topliss-reactive ketones (excluding diaryl/α,β-unsaturated/α-hetero) is 1. The lowest BCUT2D eigenvalue weighted by molar-refractivity contribution is 0.102. The normalized spacial score (nSPS) is 13.9. The molecule has 0 radical (unpaired) electrons. The van der Waals surface area contributed by atoms with Gasteiger partial charge in [-0.2, -0.15) is 4.52 Å². The zero-order valence-corrected chi connectivity index (χ0v) is 19.4. The molecule has 32 heavy (non-hydrogen) atoms. The highest BCUT2D eigenvalue weighted by Gasteiger charge is 2.23. The molecule has 0 saturated heterocycles. The SMILES string of the molecule is O=C(CSc1nn2c(=O)c3c(nc2s1)CCN(Cc1ccccc1)C3)c1ccc(Cl)cc1. The Bertz CT molecular complexity index is 1340. The Kier molecular flexibility index (Phi) is 6.10. The summed E-state index contributed by atoms with van der Waals surface area (Å²) >= 11 is 8.55. The molecule has 0 unspecified atom stereocenters. The van der Waals surface area contributed by atoms with Gasteiger partial charge in [0.25, 0.3) is 5.56 Å². The third-order valence-electron chi connectivity index (χ3n) is 5.36. The summed E-state index contributed by atoms with van der Waals surface area (Å²) in [6.45, 7) is 2.22. The maximum atomic E-state index is 13.1. The molecule has 2 aromatic carbocycles. The maximum absolute atomic E-state index is 13.1. The van der Waals surface area contributed by atoms with Crippen LogP contribution in [0.5, 0.6) is 0 Å². The monoisotopic (exact) mass is 482 g/mol. The molecule has 0 saturated carbocycles. The van der Waals surface area contributed by atoms with Crippen LogP contribution >= 0.6 is 34.7 Å². The Balaban J connectivity index is 1.33. The van der Waals surface area contributed by atoms with E-state index in [-0.39, 0.29) is 17.1 Å². The van der Waals surface area contributed by atoms with Gasteiger partial charge in [-0.1, -0.05) is 65.0 Å². The molecule has 3 heterocycles. The van der Waals surface area contributed by atoms with Gasteiger partial charge in [0.1, 0.15) is 0 Å². The number of hydrogen-bond acceptors (Lipinski definition) is 7. The zero-order chi connectivity index (χ0) is 22.1. The Hall–Kier alpha value is -2.52. The summed E-state index contributed by atoms with van der Waals surface area (Å²) in [5.41, 5.74) is 3.28. The van der Waals surface area contributed by atoms with Crippen LogP contribution in [0.3, 0.4) is 0 Å². The minimum Gasteiger partial charge on any atom is -0.294 e. The first-order chi connectivity index (χ1) is 15.6. The van der Waals surface area contributed by atoms with Crippen LogP contribution in [0.25, 0.3) is 4.96 Å². The van der Waals surface area contributed by atoms with Gasteiger partial charge in [-0.15, -0.1) is 5.10 Å². The van der Waals surface area contributed by atoms with Gasteiger partial charge in [-0.3, -0.25) is 14.5 Å². The molecule has 6 nitrogen and oxygen atoms in total. The molecule has 0 bridgehead atoms. The number of benzene rings is 2. The van der Waals surface area contributed by atoms with Crippen LogP contribution in [-0.4, -0.2) is 37.6 Å². The number of carbonyl (C=O) groups excluding carboxylic acids is 1. The van der Waals surface area contributed by atoms with Gasteiger partial charge in [0.05, 0.1) is 17.0 Å². The van der Waals surface area contributed by atoms with E-state index in [1.165, 1.54) is 33.2 Å². The van der Waals surface area contributed by atoms with Crippen molar-refractivity contribution in [2.45, 2.75) is 23.8 Å². The van der Waals surface area contributed by atoms with Gasteiger partial charge in [-0.05, 0) is 29.8 Å². The van der Waals surface area contributed by atoms with E-state index in [0.29, 0.717) is 32.0 Å². The number of hydrogen-bond donors (Lipinski definition) is 0. The smallest absolute Gasteiger partial charge is 0.279 e. The molecule has 4 aromatic rings. The molecule has 9 heteroatoms. The summed E-state index contributed by atoms with van der Waals surface area (Å²) in [6, 6.07) is 17.1. The Morgan fingerprint density at radius 2 is 1.91 bits per heavy atom. The van der Waals surface area contributed by atoms with Crippen LogP contribution in [0.1, 0.15) is 27.2 Å². The molecule has 162 valence electrons. The summed E-state index contributed by atoms with van der Waals surface area (Å²) in [7, 11) is 0. The minimum atomic E-state index is -0.116. The van der Waals surface area contributed by atoms with Crippen LogP contribution in [-0.2, 0) is 19.5 Å². The van der Waals surface area contributed by atoms with E-state index >= 15 is 0 Å². The Morgan fingerprint density at radius 3 is 2.69 bits per heavy atom. The lowest BCUT2D eigenvalue weighted by Gasteiger charge is -2.27. The van der Waals surface area contributed by atoms with Crippen LogP contribution in [0.4, 0.5) is 0 Å². The molecule has 1 aliphatic rings. The van der Waals surface area contributed by atoms with Crippen molar-refractivity contribution in [3.05, 3.63) is 92.4 Å². The standard InChI is InChI=1S/C23H19ClN4O2S2/c24-17-8-6-16(7-9-17)20(29)14-31-23-26-28-21(30)18-13-27(12-15-4-2-1-3-5-15)11-10-19(18)25-22(28)32-23/h1-9H,10-14H2. The highest BCUT2D eigenvalue weighted by Crippen LogP contribution is 2.26. The largest absolute Gasteiger partial charge is 0.294 e. The van der Waals surface area contributed by atoms with E-state index in [1.54, 1.807) is 24.3 Å². The van der Waals surface area contributed by atoms with Crippen LogP contribution in [0, 0.1) is 0 Å². The van der Waals surface area contributed by atoms with Crippen LogP contribution in [0.15, 0.2) is 63.7 Å². The third kappa shape index (κ3) is 4.49. The molecule has 0 spiro atoms. The number of thioether (sulfide) groups is 1. The van der Waals surface area contributed by atoms with E-state index in [9.17, 15) is 9.59 Å². The second kappa shape index (κ2) is 9.15. The number of carbonyl (C=O) groups is 1. The predicted molar refractivity (Wildman–Crippen MR) is 128 cm³/mol. The van der Waals surface area contributed by atoms with Crippen LogP contribution < -0.4 is 5.56 Å². The van der Waals surface area contributed by atoms with Gasteiger partial charge < -0.3 is 0 Å². The van der Waals surface area contributed by atoms with Crippen molar-refractivity contribution in [3.63, 3.8) is 0 Å². The quantitative estimate of drug-likeness (QED) is 0.301. The van der Waals surface area contributed by atoms with Crippen LogP contribution in [0.2, 0.25) is 5.02 Å². The van der Waals surface area contributed by atoms with Crippen molar-refractivity contribution in [3.8, 4) is 0 Å². The minimum absolute atomic E-state index is 0.0120. The first-order valence-electron chi connectivity index (χ1n) is 10.2. The molecule has 1 aliphatic heterocycles. The lowest BCUT2D eigenvalue weighted by atomic mass is 10.1. The molecule has 0 atom stereocenters. The molecule has 0 amide bonds. The summed E-state index contributed by atoms with van der Waals surface area (Å²) in [5, 5.41) is 5.04. The second-order valence-corrected chi connectivity index (χ2v) is 10.2. The topological polar surface area (TPSA) is 67.6 Å². The fourth-order valence-corrected chi connectivity index (χ4v) is 5.68. The van der Waals surface area contributed by atoms with Gasteiger partial charge >= 0.3 is 0 Å². The van der Waals surface area contributed by atoms with E-state index in [2.05, 4.69) is 22.1 Å². The van der Waals surface area contributed by atoms with E-state index in [0.717, 1.165) is 25.2 Å². The number of ketones is 1. The fraction of sp³-hybridized carbons (Fsp3) is 0.217. The average molecular weight is 483 g/mol. The summed E-state index contributed by atoms with van der Waals surface area (Å²) in [6.07, 6.45) is 0.739. The number of halogens is 1. The fourth-order valence-electron chi connectivity index (χ4n) is 3.72. The molecule has 0 aliphatic carbocycles. The van der Waals surface area contributed by atoms with E-state index in [4.69, 9.17) is 16.6 Å². The Labute approximate surface area is 197 Å². The average Bonchev–Trinajstić information content (AvgIpc) is 3.22. The van der Waals surface area contributed by atoms with Gasteiger partial charge in [0.2, 0.25) is 4.96 Å². The summed E-state index contributed by atoms with van der Waals surface area (Å²) in [5.74, 6) is 0.225. The van der Waals surface area contributed by atoms with Crippen molar-refractivity contribution in [2.24, 2.45) is 0 Å². The predicted octanol–water partition coefficient (Wildman–Crippen LogP) is 4.34. The highest BCUT2D eigenvalue weighted by molar-refractivity contribution is 8.01. The van der Waals surface area contributed by atoms with Crippen molar-refractivity contribution < 1.29 is 4.79 Å². The number of rotatable bonds is 6. The molecule has 0 N–H and O–H groups in total. The summed E-state index contributed by atoms with van der Waals surface area (Å²) < 4.78 is 2.03. The van der Waals surface area contributed by atoms with E-state index in [1.807, 2.05) is 18.2 Å². The Morgan fingerprint density at radius 1 is 1.12 bits per heavy atom. The third-order valence-corrected chi connectivity index (χ3v) is 7.65. The first kappa shape index (κ1) is 21.3. The van der Waals surface area contributed by atoms with Gasteiger partial charge in [-0.25, -0.2) is 4.98 Å². The summed E-state index contributed by atoms with van der Waals surface area (Å²) in [4.78, 5) is 33.1. The molecular formula is C23H19ClN4O2S2. The molecule has 5 rings (SSSR count). The molecule has 0 fully saturated rings. The number of aromatic nitrogens is 3. The first-order valence-corrected chi connectivity index (χ1v) is 12.3. The number of nitrogens with zero attached hydrogens (tertiary/aromatic N) is 4. The van der Waals surface area contributed by atoms with Crippen molar-refractivity contribution in [1.29, 1.82) is 0 Å². The number of fused-ring (bicyclic) bond motifs is 2. The van der Waals surface area contributed by atoms with E-state index < -0.39 is 0 Å². The second-order valence-electron chi connectivity index (χ2n) is 7.57. The maximum Gasteiger partial charge on any atom is 0.279 e. The van der Waals surface area contributed by atoms with Crippen molar-refractivity contribution in [2.75, 3.05) is 12.3 Å². The van der Waals surface area contributed by atoms with Gasteiger partial charge in [0.15, 0.2) is 10.1 Å². The molecular weight excluding hydrogens is 464 g/mol.